The number of fused-ring (bicyclic) bond motifs is 1. The van der Waals surface area contributed by atoms with Crippen molar-refractivity contribution in [2.24, 2.45) is 11.5 Å². The number of benzene rings is 1. The predicted octanol–water partition coefficient (Wildman–Crippen LogP) is 0.230. The van der Waals surface area contributed by atoms with E-state index in [1.807, 2.05) is 0 Å². The standard InChI is InChI=1S/C13H19N5O2/c1-19-10-3-8-9(4-11(10)20-2)17-13(18-12(8)16)7(5-14)6-15/h3-4,7H,5-6,14-15H2,1-2H3,(H2,16,17,18). The van der Waals surface area contributed by atoms with Crippen molar-refractivity contribution in [1.82, 2.24) is 9.97 Å². The zero-order chi connectivity index (χ0) is 14.7. The zero-order valence-corrected chi connectivity index (χ0v) is 11.6. The molecule has 0 saturated carbocycles. The highest BCUT2D eigenvalue weighted by Gasteiger charge is 2.16. The number of rotatable bonds is 5. The Labute approximate surface area is 117 Å². The van der Waals surface area contributed by atoms with E-state index >= 15 is 0 Å². The van der Waals surface area contributed by atoms with Gasteiger partial charge in [-0.25, -0.2) is 9.97 Å². The van der Waals surface area contributed by atoms with Crippen LogP contribution in [0.15, 0.2) is 12.1 Å². The Morgan fingerprint density at radius 3 is 2.20 bits per heavy atom. The maximum atomic E-state index is 5.99. The van der Waals surface area contributed by atoms with Crippen LogP contribution in [0.3, 0.4) is 0 Å². The Kier molecular flexibility index (Phi) is 4.21. The first-order chi connectivity index (χ1) is 9.64. The Morgan fingerprint density at radius 1 is 1.05 bits per heavy atom. The second-order valence-corrected chi connectivity index (χ2v) is 4.36. The fraction of sp³-hybridized carbons (Fsp3) is 0.385. The topological polar surface area (TPSA) is 122 Å². The maximum absolute atomic E-state index is 5.99. The number of nitrogens with zero attached hydrogens (tertiary/aromatic N) is 2. The van der Waals surface area contributed by atoms with E-state index in [1.165, 1.54) is 0 Å². The largest absolute Gasteiger partial charge is 0.493 e. The molecule has 6 N–H and O–H groups in total. The van der Waals surface area contributed by atoms with Crippen LogP contribution in [-0.2, 0) is 0 Å². The van der Waals surface area contributed by atoms with E-state index in [1.54, 1.807) is 26.4 Å². The van der Waals surface area contributed by atoms with Gasteiger partial charge in [0.15, 0.2) is 11.5 Å². The first-order valence-electron chi connectivity index (χ1n) is 6.23. The summed E-state index contributed by atoms with van der Waals surface area (Å²) in [7, 11) is 3.13. The molecule has 0 amide bonds. The van der Waals surface area contributed by atoms with Gasteiger partial charge in [0.1, 0.15) is 11.6 Å². The molecule has 0 spiro atoms. The average Bonchev–Trinajstić information content (AvgIpc) is 2.47. The van der Waals surface area contributed by atoms with Gasteiger partial charge in [-0.05, 0) is 6.07 Å². The van der Waals surface area contributed by atoms with Gasteiger partial charge in [-0.2, -0.15) is 0 Å². The third-order valence-corrected chi connectivity index (χ3v) is 3.18. The number of nitrogens with two attached hydrogens (primary N) is 3. The maximum Gasteiger partial charge on any atom is 0.162 e. The number of nitrogen functional groups attached to an aromatic ring is 1. The lowest BCUT2D eigenvalue weighted by Gasteiger charge is -2.14. The first kappa shape index (κ1) is 14.3. The highest BCUT2D eigenvalue weighted by Crippen LogP contribution is 2.33. The molecule has 108 valence electrons. The van der Waals surface area contributed by atoms with Crippen molar-refractivity contribution < 1.29 is 9.47 Å². The number of anilines is 1. The van der Waals surface area contributed by atoms with E-state index in [0.717, 1.165) is 0 Å². The van der Waals surface area contributed by atoms with Crippen molar-refractivity contribution in [2.75, 3.05) is 33.0 Å². The Bertz CT molecular complexity index is 613. The van der Waals surface area contributed by atoms with Gasteiger partial charge in [-0.15, -0.1) is 0 Å². The molecule has 7 heteroatoms. The summed E-state index contributed by atoms with van der Waals surface area (Å²) in [5.74, 6) is 1.97. The highest BCUT2D eigenvalue weighted by atomic mass is 16.5. The molecule has 0 fully saturated rings. The molecule has 1 aromatic heterocycles. The van der Waals surface area contributed by atoms with E-state index in [9.17, 15) is 0 Å². The molecular formula is C13H19N5O2. The summed E-state index contributed by atoms with van der Waals surface area (Å²) >= 11 is 0. The average molecular weight is 277 g/mol. The molecule has 0 atom stereocenters. The van der Waals surface area contributed by atoms with Gasteiger partial charge in [0.2, 0.25) is 0 Å². The van der Waals surface area contributed by atoms with Crippen molar-refractivity contribution in [1.29, 1.82) is 0 Å². The number of hydrogen-bond donors (Lipinski definition) is 3. The van der Waals surface area contributed by atoms with Crippen molar-refractivity contribution in [3.8, 4) is 11.5 Å². The predicted molar refractivity (Wildman–Crippen MR) is 77.9 cm³/mol. The van der Waals surface area contributed by atoms with Crippen molar-refractivity contribution in [3.63, 3.8) is 0 Å². The molecule has 0 radical (unpaired) electrons. The molecule has 1 heterocycles. The number of methoxy groups -OCH3 is 2. The van der Waals surface area contributed by atoms with Crippen LogP contribution in [0.5, 0.6) is 11.5 Å². The molecule has 2 rings (SSSR count). The van der Waals surface area contributed by atoms with Crippen LogP contribution in [0.4, 0.5) is 5.82 Å². The summed E-state index contributed by atoms with van der Waals surface area (Å²) in [6.07, 6.45) is 0. The highest BCUT2D eigenvalue weighted by molar-refractivity contribution is 5.90. The van der Waals surface area contributed by atoms with Gasteiger partial charge in [-0.3, -0.25) is 0 Å². The lowest BCUT2D eigenvalue weighted by molar-refractivity contribution is 0.356. The lowest BCUT2D eigenvalue weighted by atomic mass is 10.1. The second-order valence-electron chi connectivity index (χ2n) is 4.36. The Hall–Kier alpha value is -2.12. The van der Waals surface area contributed by atoms with Crippen LogP contribution in [0.1, 0.15) is 11.7 Å². The third kappa shape index (κ3) is 2.45. The molecule has 0 aliphatic heterocycles. The minimum Gasteiger partial charge on any atom is -0.493 e. The molecule has 7 nitrogen and oxygen atoms in total. The molecular weight excluding hydrogens is 258 g/mol. The summed E-state index contributed by atoms with van der Waals surface area (Å²) in [5.41, 5.74) is 18.0. The zero-order valence-electron chi connectivity index (χ0n) is 11.6. The van der Waals surface area contributed by atoms with Crippen molar-refractivity contribution in [2.45, 2.75) is 5.92 Å². The van der Waals surface area contributed by atoms with Crippen LogP contribution in [0.25, 0.3) is 10.9 Å². The third-order valence-electron chi connectivity index (χ3n) is 3.18. The number of hydrogen-bond acceptors (Lipinski definition) is 7. The Balaban J connectivity index is 2.64. The molecule has 2 aromatic rings. The van der Waals surface area contributed by atoms with Crippen LogP contribution >= 0.6 is 0 Å². The number of ether oxygens (including phenoxy) is 2. The fourth-order valence-corrected chi connectivity index (χ4v) is 1.99. The molecule has 0 saturated heterocycles. The molecule has 0 unspecified atom stereocenters. The fourth-order valence-electron chi connectivity index (χ4n) is 1.99. The van der Waals surface area contributed by atoms with E-state index in [0.29, 0.717) is 47.1 Å². The SMILES string of the molecule is COc1cc2nc(C(CN)CN)nc(N)c2cc1OC. The van der Waals surface area contributed by atoms with Crippen LogP contribution in [-0.4, -0.2) is 37.3 Å². The monoisotopic (exact) mass is 277 g/mol. The van der Waals surface area contributed by atoms with Gasteiger partial charge in [0, 0.05) is 30.5 Å². The molecule has 0 bridgehead atoms. The smallest absolute Gasteiger partial charge is 0.162 e. The summed E-state index contributed by atoms with van der Waals surface area (Å²) in [4.78, 5) is 8.76. The normalized spacial score (nSPS) is 11.1. The summed E-state index contributed by atoms with van der Waals surface area (Å²) < 4.78 is 10.5. The summed E-state index contributed by atoms with van der Waals surface area (Å²) in [5, 5.41) is 0.708. The first-order valence-corrected chi connectivity index (χ1v) is 6.23. The van der Waals surface area contributed by atoms with Crippen LogP contribution in [0, 0.1) is 0 Å². The minimum atomic E-state index is -0.116. The van der Waals surface area contributed by atoms with E-state index in [4.69, 9.17) is 26.7 Å². The summed E-state index contributed by atoms with van der Waals surface area (Å²) in [6, 6.07) is 3.52. The van der Waals surface area contributed by atoms with Gasteiger partial charge in [0.25, 0.3) is 0 Å². The second kappa shape index (κ2) is 5.89. The number of aromatic nitrogens is 2. The van der Waals surface area contributed by atoms with E-state index in [2.05, 4.69) is 9.97 Å². The molecule has 20 heavy (non-hydrogen) atoms. The quantitative estimate of drug-likeness (QED) is 0.715. The van der Waals surface area contributed by atoms with E-state index in [-0.39, 0.29) is 5.92 Å². The van der Waals surface area contributed by atoms with Crippen LogP contribution < -0.4 is 26.7 Å². The van der Waals surface area contributed by atoms with Gasteiger partial charge >= 0.3 is 0 Å². The minimum absolute atomic E-state index is 0.116. The van der Waals surface area contributed by atoms with Gasteiger partial charge in [-0.1, -0.05) is 0 Å². The molecule has 0 aliphatic carbocycles. The van der Waals surface area contributed by atoms with Gasteiger partial charge in [0.05, 0.1) is 19.7 Å². The van der Waals surface area contributed by atoms with E-state index < -0.39 is 0 Å². The lowest BCUT2D eigenvalue weighted by Crippen LogP contribution is -2.23. The van der Waals surface area contributed by atoms with Gasteiger partial charge < -0.3 is 26.7 Å². The van der Waals surface area contributed by atoms with Crippen molar-refractivity contribution >= 4 is 16.7 Å². The molecule has 0 aliphatic rings. The molecule has 1 aromatic carbocycles. The van der Waals surface area contributed by atoms with Crippen molar-refractivity contribution in [3.05, 3.63) is 18.0 Å². The Morgan fingerprint density at radius 2 is 1.65 bits per heavy atom. The summed E-state index contributed by atoms with van der Waals surface area (Å²) in [6.45, 7) is 0.740. The van der Waals surface area contributed by atoms with Crippen LogP contribution in [0.2, 0.25) is 0 Å².